The summed E-state index contributed by atoms with van der Waals surface area (Å²) in [5.41, 5.74) is -1.23. The van der Waals surface area contributed by atoms with Gasteiger partial charge >= 0.3 is 0 Å². The van der Waals surface area contributed by atoms with Gasteiger partial charge in [-0.05, 0) is 19.1 Å². The summed E-state index contributed by atoms with van der Waals surface area (Å²) in [6.45, 7) is 1.21. The molecule has 1 aromatic heterocycles. The first-order valence-electron chi connectivity index (χ1n) is 5.52. The van der Waals surface area contributed by atoms with E-state index in [1.807, 2.05) is 0 Å². The second-order valence-corrected chi connectivity index (χ2v) is 6.06. The molecule has 0 aliphatic heterocycles. The maximum atomic E-state index is 11.8. The third-order valence-corrected chi connectivity index (χ3v) is 4.27. The molecule has 0 radical (unpaired) electrons. The van der Waals surface area contributed by atoms with Gasteiger partial charge in [-0.25, -0.2) is 8.42 Å². The molecule has 0 fully saturated rings. The van der Waals surface area contributed by atoms with Crippen LogP contribution in [-0.2, 0) is 10.0 Å². The van der Waals surface area contributed by atoms with Gasteiger partial charge in [-0.2, -0.15) is 5.26 Å². The molecular formula is C11H10N4O4S. The predicted octanol–water partition coefficient (Wildman–Crippen LogP) is -0.130. The van der Waals surface area contributed by atoms with Crippen molar-refractivity contribution in [2.75, 3.05) is 4.72 Å². The second-order valence-electron chi connectivity index (χ2n) is 4.05. The highest BCUT2D eigenvalue weighted by Crippen LogP contribution is 2.19. The van der Waals surface area contributed by atoms with Crippen molar-refractivity contribution < 1.29 is 8.42 Å². The average molecular weight is 294 g/mol. The zero-order chi connectivity index (χ0) is 14.9. The van der Waals surface area contributed by atoms with Gasteiger partial charge in [-0.15, -0.1) is 0 Å². The number of hydrogen-bond acceptors (Lipinski definition) is 5. The summed E-state index contributed by atoms with van der Waals surface area (Å²) in [5, 5.41) is 11.6. The minimum Gasteiger partial charge on any atom is -0.282 e. The summed E-state index contributed by atoms with van der Waals surface area (Å²) >= 11 is 0. The molecule has 0 spiro atoms. The Morgan fingerprint density at radius 1 is 1.25 bits per heavy atom. The summed E-state index contributed by atoms with van der Waals surface area (Å²) in [6, 6.07) is 5.78. The molecule has 2 aromatic rings. The lowest BCUT2D eigenvalue weighted by molar-refractivity contribution is 0.597. The largest absolute Gasteiger partial charge is 0.282 e. The fourth-order valence-electron chi connectivity index (χ4n) is 1.63. The van der Waals surface area contributed by atoms with Gasteiger partial charge in [0.2, 0.25) is 10.0 Å². The Kier molecular flexibility index (Phi) is 3.33. The Labute approximate surface area is 113 Å². The first-order valence-corrected chi connectivity index (χ1v) is 7.06. The normalized spacial score (nSPS) is 12.8. The van der Waals surface area contributed by atoms with Gasteiger partial charge in [0.1, 0.15) is 0 Å². The average Bonchev–Trinajstić information content (AvgIpc) is 2.41. The Morgan fingerprint density at radius 2 is 1.90 bits per heavy atom. The second kappa shape index (κ2) is 4.82. The van der Waals surface area contributed by atoms with Crippen molar-refractivity contribution >= 4 is 26.5 Å². The third-order valence-electron chi connectivity index (χ3n) is 2.73. The van der Waals surface area contributed by atoms with E-state index in [9.17, 15) is 18.0 Å². The van der Waals surface area contributed by atoms with E-state index in [-0.39, 0.29) is 16.5 Å². The number of anilines is 1. The van der Waals surface area contributed by atoms with Crippen LogP contribution in [0, 0.1) is 11.3 Å². The van der Waals surface area contributed by atoms with Gasteiger partial charge < -0.3 is 0 Å². The number of nitrogens with zero attached hydrogens (tertiary/aromatic N) is 1. The van der Waals surface area contributed by atoms with E-state index in [1.165, 1.54) is 25.1 Å². The van der Waals surface area contributed by atoms with Gasteiger partial charge in [0, 0.05) is 0 Å². The molecule has 104 valence electrons. The molecule has 20 heavy (non-hydrogen) atoms. The van der Waals surface area contributed by atoms with Crippen LogP contribution in [0.5, 0.6) is 0 Å². The van der Waals surface area contributed by atoms with Crippen LogP contribution in [0.2, 0.25) is 0 Å². The quantitative estimate of drug-likeness (QED) is 0.724. The van der Waals surface area contributed by atoms with Crippen LogP contribution in [0.15, 0.2) is 27.8 Å². The van der Waals surface area contributed by atoms with E-state index in [0.29, 0.717) is 0 Å². The van der Waals surface area contributed by atoms with Crippen molar-refractivity contribution in [3.8, 4) is 6.07 Å². The Balaban J connectivity index is 2.70. The lowest BCUT2D eigenvalue weighted by atomic mass is 10.2. The van der Waals surface area contributed by atoms with Crippen LogP contribution in [0.3, 0.4) is 0 Å². The van der Waals surface area contributed by atoms with Crippen LogP contribution in [0.1, 0.15) is 6.92 Å². The Hall–Kier alpha value is -2.60. The molecule has 2 rings (SSSR count). The van der Waals surface area contributed by atoms with Crippen LogP contribution < -0.4 is 15.8 Å². The SMILES string of the molecule is CC(C#N)S(=O)(=O)Nc1cccc2c(=O)[nH][nH]c(=O)c12. The van der Waals surface area contributed by atoms with E-state index in [2.05, 4.69) is 14.9 Å². The van der Waals surface area contributed by atoms with Crippen molar-refractivity contribution in [1.29, 1.82) is 5.26 Å². The molecule has 1 atom stereocenters. The molecule has 0 saturated heterocycles. The minimum absolute atomic E-state index is 0.0445. The molecule has 8 nitrogen and oxygen atoms in total. The topological polar surface area (TPSA) is 136 Å². The number of fused-ring (bicyclic) bond motifs is 1. The van der Waals surface area contributed by atoms with Crippen molar-refractivity contribution in [2.24, 2.45) is 0 Å². The van der Waals surface area contributed by atoms with E-state index in [4.69, 9.17) is 5.26 Å². The number of aromatic amines is 2. The molecule has 0 amide bonds. The van der Waals surface area contributed by atoms with E-state index < -0.39 is 26.4 Å². The number of sulfonamides is 1. The zero-order valence-electron chi connectivity index (χ0n) is 10.3. The zero-order valence-corrected chi connectivity index (χ0v) is 11.1. The van der Waals surface area contributed by atoms with Gasteiger partial charge in [0.15, 0.2) is 5.25 Å². The Morgan fingerprint density at radius 3 is 2.55 bits per heavy atom. The van der Waals surface area contributed by atoms with Gasteiger partial charge in [-0.3, -0.25) is 24.5 Å². The predicted molar refractivity (Wildman–Crippen MR) is 72.8 cm³/mol. The monoisotopic (exact) mass is 294 g/mol. The first kappa shape index (κ1) is 13.8. The van der Waals surface area contributed by atoms with Crippen LogP contribution in [0.4, 0.5) is 5.69 Å². The molecule has 0 aliphatic rings. The van der Waals surface area contributed by atoms with Crippen molar-refractivity contribution in [2.45, 2.75) is 12.2 Å². The summed E-state index contributed by atoms with van der Waals surface area (Å²) in [5.74, 6) is 0. The summed E-state index contributed by atoms with van der Waals surface area (Å²) < 4.78 is 25.8. The number of rotatable bonds is 3. The summed E-state index contributed by atoms with van der Waals surface area (Å²) in [6.07, 6.45) is 0. The van der Waals surface area contributed by atoms with E-state index in [0.717, 1.165) is 0 Å². The lowest BCUT2D eigenvalue weighted by Gasteiger charge is -2.10. The molecular weight excluding hydrogens is 284 g/mol. The van der Waals surface area contributed by atoms with Gasteiger partial charge in [-0.1, -0.05) is 6.07 Å². The maximum Gasteiger partial charge on any atom is 0.272 e. The molecule has 1 unspecified atom stereocenters. The number of benzene rings is 1. The van der Waals surface area contributed by atoms with Gasteiger partial charge in [0.25, 0.3) is 11.1 Å². The number of aromatic nitrogens is 2. The minimum atomic E-state index is -3.96. The smallest absolute Gasteiger partial charge is 0.272 e. The highest BCUT2D eigenvalue weighted by Gasteiger charge is 2.21. The molecule has 9 heteroatoms. The molecule has 0 saturated carbocycles. The highest BCUT2D eigenvalue weighted by atomic mass is 32.2. The number of H-pyrrole nitrogens is 2. The third kappa shape index (κ3) is 2.28. The Bertz CT molecular complexity index is 920. The first-order chi connectivity index (χ1) is 9.36. The van der Waals surface area contributed by atoms with Crippen molar-refractivity contribution in [3.63, 3.8) is 0 Å². The number of nitriles is 1. The maximum absolute atomic E-state index is 11.8. The molecule has 0 aliphatic carbocycles. The summed E-state index contributed by atoms with van der Waals surface area (Å²) in [7, 11) is -3.96. The molecule has 0 bridgehead atoms. The van der Waals surface area contributed by atoms with Crippen LogP contribution >= 0.6 is 0 Å². The van der Waals surface area contributed by atoms with Crippen molar-refractivity contribution in [3.05, 3.63) is 38.9 Å². The van der Waals surface area contributed by atoms with E-state index in [1.54, 1.807) is 6.07 Å². The molecule has 1 aromatic carbocycles. The number of nitrogens with one attached hydrogen (secondary N) is 3. The molecule has 3 N–H and O–H groups in total. The van der Waals surface area contributed by atoms with E-state index >= 15 is 0 Å². The number of hydrogen-bond donors (Lipinski definition) is 3. The highest BCUT2D eigenvalue weighted by molar-refractivity contribution is 7.93. The fourth-order valence-corrected chi connectivity index (χ4v) is 2.42. The van der Waals surface area contributed by atoms with Crippen molar-refractivity contribution in [1.82, 2.24) is 10.2 Å². The molecule has 1 heterocycles. The standard InChI is InChI=1S/C11H10N4O4S/c1-6(5-12)20(18,19)15-8-4-2-3-7-9(8)11(17)14-13-10(7)16/h2-4,6,15H,1H3,(H,13,16)(H,14,17). The summed E-state index contributed by atoms with van der Waals surface area (Å²) in [4.78, 5) is 23.3. The van der Waals surface area contributed by atoms with Crippen LogP contribution in [-0.4, -0.2) is 23.9 Å². The van der Waals surface area contributed by atoms with Crippen LogP contribution in [0.25, 0.3) is 10.8 Å². The van der Waals surface area contributed by atoms with Gasteiger partial charge in [0.05, 0.1) is 22.5 Å². The lowest BCUT2D eigenvalue weighted by Crippen LogP contribution is -2.26. The fraction of sp³-hybridized carbons (Fsp3) is 0.182.